The van der Waals surface area contributed by atoms with E-state index < -0.39 is 0 Å². The number of halogens is 2. The fourth-order valence-corrected chi connectivity index (χ4v) is 0.481. The molecule has 2 aromatic heterocycles. The van der Waals surface area contributed by atoms with E-state index in [1.807, 2.05) is 36.7 Å². The van der Waals surface area contributed by atoms with E-state index in [0.29, 0.717) is 0 Å². The van der Waals surface area contributed by atoms with Gasteiger partial charge in [-0.1, -0.05) is 0 Å². The van der Waals surface area contributed by atoms with Gasteiger partial charge in [0.1, 0.15) is 0 Å². The summed E-state index contributed by atoms with van der Waals surface area (Å²) in [6.45, 7) is 0. The predicted molar refractivity (Wildman–Crippen MR) is 39.3 cm³/mol. The van der Waals surface area contributed by atoms with E-state index >= 15 is 0 Å². The number of hydrogen-bond donors (Lipinski definition) is 2. The van der Waals surface area contributed by atoms with Crippen LogP contribution in [0, 0.1) is 12.4 Å². The molecular weight excluding hydrogens is 462 g/mol. The molecule has 0 unspecified atom stereocenters. The molecule has 0 amide bonds. The van der Waals surface area contributed by atoms with E-state index in [0.717, 1.165) is 0 Å². The monoisotopic (exact) mass is 470 g/mol. The van der Waals surface area contributed by atoms with Crippen molar-refractivity contribution in [2.75, 3.05) is 0 Å². The molecule has 2 heterocycles. The van der Waals surface area contributed by atoms with Gasteiger partial charge in [0.25, 0.3) is 0 Å². The molecule has 0 aliphatic carbocycles. The number of rotatable bonds is 0. The minimum Gasteiger partial charge on any atom is -1.00 e. The molecule has 68 valence electrons. The van der Waals surface area contributed by atoms with Crippen LogP contribution in [-0.4, -0.2) is 9.97 Å². The standard InChI is InChI=1S/2C4H4N.2BrH.Hf/c2*1-2-4-5-3-1;;;/h2*1-3,5H;2*1H;/q2*-1;;;+4/p-2. The van der Waals surface area contributed by atoms with Crippen LogP contribution >= 0.6 is 0 Å². The van der Waals surface area contributed by atoms with Gasteiger partial charge in [-0.05, 0) is 0 Å². The average molecular weight is 470 g/mol. The molecule has 5 heteroatoms. The Morgan fingerprint density at radius 3 is 1.23 bits per heavy atom. The van der Waals surface area contributed by atoms with Gasteiger partial charge in [-0.15, -0.1) is 12.4 Å². The molecule has 2 nitrogen and oxygen atoms in total. The zero-order chi connectivity index (χ0) is 7.07. The summed E-state index contributed by atoms with van der Waals surface area (Å²) >= 11 is 0. The number of nitrogens with one attached hydrogen (secondary N) is 2. The number of aromatic nitrogens is 2. The number of aromatic amines is 2. The van der Waals surface area contributed by atoms with Crippen LogP contribution in [0.4, 0.5) is 0 Å². The third-order valence-electron chi connectivity index (χ3n) is 0.885. The number of H-pyrrole nitrogens is 2. The van der Waals surface area contributed by atoms with Crippen molar-refractivity contribution in [2.45, 2.75) is 0 Å². The second-order valence-electron chi connectivity index (χ2n) is 1.63. The Kier molecular flexibility index (Phi) is 21.8. The van der Waals surface area contributed by atoms with Crippen LogP contribution in [0.3, 0.4) is 0 Å². The summed E-state index contributed by atoms with van der Waals surface area (Å²) in [6, 6.07) is 7.42. The molecule has 0 fully saturated rings. The number of hydrogen-bond acceptors (Lipinski definition) is 0. The van der Waals surface area contributed by atoms with Crippen LogP contribution < -0.4 is 34.0 Å². The molecule has 0 saturated heterocycles. The van der Waals surface area contributed by atoms with Gasteiger partial charge in [0.15, 0.2) is 0 Å². The zero-order valence-corrected chi connectivity index (χ0v) is 13.5. The average Bonchev–Trinajstić information content (AvgIpc) is 2.67. The minimum atomic E-state index is 0. The minimum absolute atomic E-state index is 0. The van der Waals surface area contributed by atoms with Gasteiger partial charge in [0, 0.05) is 0 Å². The molecular formula is C8H8Br2HfN2. The molecule has 0 atom stereocenters. The summed E-state index contributed by atoms with van der Waals surface area (Å²) in [4.78, 5) is 5.47. The van der Waals surface area contributed by atoms with Crippen molar-refractivity contribution in [3.8, 4) is 0 Å². The Morgan fingerprint density at radius 1 is 0.769 bits per heavy atom. The van der Waals surface area contributed by atoms with Crippen molar-refractivity contribution < 1.29 is 59.8 Å². The molecule has 0 radical (unpaired) electrons. The van der Waals surface area contributed by atoms with Crippen molar-refractivity contribution in [3.05, 3.63) is 49.1 Å². The predicted octanol–water partition coefficient (Wildman–Crippen LogP) is -4.36. The molecule has 0 saturated carbocycles. The molecule has 0 spiro atoms. The molecule has 0 bridgehead atoms. The van der Waals surface area contributed by atoms with E-state index in [4.69, 9.17) is 0 Å². The maximum absolute atomic E-state index is 2.74. The second-order valence-corrected chi connectivity index (χ2v) is 1.63. The maximum atomic E-state index is 2.74. The molecule has 2 rings (SSSR count). The molecule has 13 heavy (non-hydrogen) atoms. The summed E-state index contributed by atoms with van der Waals surface area (Å²) in [6.07, 6.45) is 9.11. The fourth-order valence-electron chi connectivity index (χ4n) is 0.481. The van der Waals surface area contributed by atoms with E-state index in [1.165, 1.54) is 0 Å². The Balaban J connectivity index is -0.000000125. The van der Waals surface area contributed by atoms with Crippen LogP contribution in [0.2, 0.25) is 0 Å². The fraction of sp³-hybridized carbons (Fsp3) is 0. The van der Waals surface area contributed by atoms with Gasteiger partial charge in [-0.3, -0.25) is 0 Å². The Hall–Kier alpha value is 0.390. The van der Waals surface area contributed by atoms with E-state index in [1.54, 1.807) is 0 Å². The van der Waals surface area contributed by atoms with Crippen molar-refractivity contribution >= 4 is 0 Å². The van der Waals surface area contributed by atoms with Gasteiger partial charge in [0.05, 0.1) is 0 Å². The normalized spacial score (nSPS) is 6.15. The Labute approximate surface area is 118 Å². The first-order valence-corrected chi connectivity index (χ1v) is 2.99. The van der Waals surface area contributed by atoms with Crippen molar-refractivity contribution in [3.63, 3.8) is 0 Å². The largest absolute Gasteiger partial charge is 4.00 e. The molecule has 2 aromatic rings. The summed E-state index contributed by atoms with van der Waals surface area (Å²) in [5.74, 6) is 0. The smallest absolute Gasteiger partial charge is 1.00 e. The third kappa shape index (κ3) is 12.4. The zero-order valence-electron chi connectivity index (χ0n) is 6.72. The first-order chi connectivity index (χ1) is 5.00. The first kappa shape index (κ1) is 19.0. The topological polar surface area (TPSA) is 31.6 Å². The van der Waals surface area contributed by atoms with Crippen LogP contribution in [0.5, 0.6) is 0 Å². The molecule has 0 aromatic carbocycles. The van der Waals surface area contributed by atoms with E-state index in [9.17, 15) is 0 Å². The quantitative estimate of drug-likeness (QED) is 0.288. The van der Waals surface area contributed by atoms with E-state index in [2.05, 4.69) is 22.4 Å². The summed E-state index contributed by atoms with van der Waals surface area (Å²) in [5.41, 5.74) is 0. The van der Waals surface area contributed by atoms with Gasteiger partial charge < -0.3 is 43.9 Å². The van der Waals surface area contributed by atoms with Crippen LogP contribution in [0.25, 0.3) is 0 Å². The van der Waals surface area contributed by atoms with Gasteiger partial charge in [-0.25, -0.2) is 0 Å². The Morgan fingerprint density at radius 2 is 1.15 bits per heavy atom. The Bertz CT molecular complexity index is 159. The molecule has 0 aliphatic rings. The first-order valence-electron chi connectivity index (χ1n) is 2.99. The van der Waals surface area contributed by atoms with Crippen molar-refractivity contribution in [1.82, 2.24) is 9.97 Å². The van der Waals surface area contributed by atoms with Crippen LogP contribution in [0.1, 0.15) is 0 Å². The van der Waals surface area contributed by atoms with Crippen LogP contribution in [-0.2, 0) is 25.8 Å². The van der Waals surface area contributed by atoms with Crippen LogP contribution in [0.15, 0.2) is 36.7 Å². The van der Waals surface area contributed by atoms with Gasteiger partial charge in [0.2, 0.25) is 0 Å². The summed E-state index contributed by atoms with van der Waals surface area (Å²) < 4.78 is 0. The SMILES string of the molecule is [Br-].[Br-].[Hf+4].[c-]1ccc[nH]1.[c-]1ccc[nH]1. The summed E-state index contributed by atoms with van der Waals surface area (Å²) in [7, 11) is 0. The van der Waals surface area contributed by atoms with Gasteiger partial charge in [-0.2, -0.15) is 36.7 Å². The summed E-state index contributed by atoms with van der Waals surface area (Å²) in [5, 5.41) is 0. The van der Waals surface area contributed by atoms with Gasteiger partial charge >= 0.3 is 25.8 Å². The van der Waals surface area contributed by atoms with Crippen molar-refractivity contribution in [1.29, 1.82) is 0 Å². The third-order valence-corrected chi connectivity index (χ3v) is 0.885. The van der Waals surface area contributed by atoms with Crippen molar-refractivity contribution in [2.24, 2.45) is 0 Å². The molecule has 2 N–H and O–H groups in total. The second kappa shape index (κ2) is 14.9. The maximum Gasteiger partial charge on any atom is 4.00 e. The molecule has 0 aliphatic heterocycles. The van der Waals surface area contributed by atoms with E-state index in [-0.39, 0.29) is 59.8 Å².